The first-order chi connectivity index (χ1) is 11.7. The number of nitrogens with one attached hydrogen (secondary N) is 1. The van der Waals surface area contributed by atoms with Crippen molar-refractivity contribution in [1.29, 1.82) is 0 Å². The van der Waals surface area contributed by atoms with Crippen LogP contribution in [0.5, 0.6) is 5.75 Å². The van der Waals surface area contributed by atoms with Crippen LogP contribution in [0.2, 0.25) is 0 Å². The molecule has 24 heavy (non-hydrogen) atoms. The fourth-order valence-electron chi connectivity index (χ4n) is 3.47. The van der Waals surface area contributed by atoms with Crippen molar-refractivity contribution in [1.82, 2.24) is 10.2 Å². The molecule has 1 aromatic heterocycles. The predicted molar refractivity (Wildman–Crippen MR) is 95.5 cm³/mol. The fourth-order valence-corrected chi connectivity index (χ4v) is 4.36. The molecule has 4 rings (SSSR count). The van der Waals surface area contributed by atoms with Gasteiger partial charge in [-0.1, -0.05) is 18.2 Å². The summed E-state index contributed by atoms with van der Waals surface area (Å²) < 4.78 is 5.76. The third-order valence-corrected chi connectivity index (χ3v) is 5.99. The van der Waals surface area contributed by atoms with Gasteiger partial charge in [0.1, 0.15) is 5.75 Å². The van der Waals surface area contributed by atoms with Crippen molar-refractivity contribution in [2.24, 2.45) is 0 Å². The van der Waals surface area contributed by atoms with Crippen LogP contribution in [0.15, 0.2) is 35.7 Å². The summed E-state index contributed by atoms with van der Waals surface area (Å²) in [7, 11) is 0. The second-order valence-corrected chi connectivity index (χ2v) is 7.60. The number of hydrogen-bond acceptors (Lipinski definition) is 4. The zero-order valence-electron chi connectivity index (χ0n) is 13.8. The van der Waals surface area contributed by atoms with E-state index in [0.717, 1.165) is 30.8 Å². The third kappa shape index (κ3) is 3.06. The smallest absolute Gasteiger partial charge is 0.261 e. The Hall–Kier alpha value is -1.85. The lowest BCUT2D eigenvalue weighted by molar-refractivity contribution is -0.127. The Bertz CT molecular complexity index is 717. The summed E-state index contributed by atoms with van der Waals surface area (Å²) in [6, 6.07) is 10.4. The van der Waals surface area contributed by atoms with Gasteiger partial charge in [-0.25, -0.2) is 0 Å². The SMILES string of the molecule is C[C@H](CNC(=O)[C@H]1Cc2ccccc2O1)N1CCc2sccc2C1. The molecule has 1 N–H and O–H groups in total. The molecule has 3 heterocycles. The number of fused-ring (bicyclic) bond motifs is 2. The second kappa shape index (κ2) is 6.57. The van der Waals surface area contributed by atoms with Crippen LogP contribution >= 0.6 is 11.3 Å². The van der Waals surface area contributed by atoms with Crippen LogP contribution in [-0.4, -0.2) is 36.0 Å². The summed E-state index contributed by atoms with van der Waals surface area (Å²) in [5.41, 5.74) is 2.56. The summed E-state index contributed by atoms with van der Waals surface area (Å²) in [6.45, 7) is 4.90. The molecule has 0 radical (unpaired) electrons. The number of carbonyl (C=O) groups is 1. The van der Waals surface area contributed by atoms with Crippen LogP contribution in [0, 0.1) is 0 Å². The minimum absolute atomic E-state index is 0.00807. The van der Waals surface area contributed by atoms with Gasteiger partial charge in [0, 0.05) is 37.0 Å². The number of thiophene rings is 1. The molecule has 2 aromatic rings. The second-order valence-electron chi connectivity index (χ2n) is 6.60. The van der Waals surface area contributed by atoms with E-state index in [-0.39, 0.29) is 12.0 Å². The predicted octanol–water partition coefficient (Wildman–Crippen LogP) is 2.61. The number of benzene rings is 1. The van der Waals surface area contributed by atoms with E-state index in [2.05, 4.69) is 28.6 Å². The first kappa shape index (κ1) is 15.7. The minimum Gasteiger partial charge on any atom is -0.480 e. The van der Waals surface area contributed by atoms with Gasteiger partial charge in [0.05, 0.1) is 0 Å². The molecule has 0 unspecified atom stereocenters. The van der Waals surface area contributed by atoms with E-state index in [0.29, 0.717) is 19.0 Å². The molecule has 126 valence electrons. The minimum atomic E-state index is -0.389. The number of carbonyl (C=O) groups excluding carboxylic acids is 1. The molecule has 5 heteroatoms. The largest absolute Gasteiger partial charge is 0.480 e. The van der Waals surface area contributed by atoms with Gasteiger partial charge in [-0.15, -0.1) is 11.3 Å². The van der Waals surface area contributed by atoms with E-state index in [1.165, 1.54) is 10.4 Å². The number of ether oxygens (including phenoxy) is 1. The maximum Gasteiger partial charge on any atom is 0.261 e. The van der Waals surface area contributed by atoms with Gasteiger partial charge in [0.2, 0.25) is 0 Å². The summed E-state index contributed by atoms with van der Waals surface area (Å²) >= 11 is 1.86. The molecule has 0 bridgehead atoms. The van der Waals surface area contributed by atoms with E-state index in [9.17, 15) is 4.79 Å². The molecular weight excluding hydrogens is 320 g/mol. The molecule has 0 aliphatic carbocycles. The first-order valence-electron chi connectivity index (χ1n) is 8.52. The highest BCUT2D eigenvalue weighted by Gasteiger charge is 2.29. The van der Waals surface area contributed by atoms with Crippen molar-refractivity contribution in [2.45, 2.75) is 38.5 Å². The lowest BCUT2D eigenvalue weighted by Gasteiger charge is -2.32. The average Bonchev–Trinajstić information content (AvgIpc) is 3.24. The Kier molecular flexibility index (Phi) is 4.29. The van der Waals surface area contributed by atoms with Gasteiger partial charge in [-0.2, -0.15) is 0 Å². The Morgan fingerprint density at radius 1 is 1.38 bits per heavy atom. The van der Waals surface area contributed by atoms with Crippen LogP contribution in [0.3, 0.4) is 0 Å². The molecule has 1 amide bonds. The average molecular weight is 342 g/mol. The molecule has 0 fully saturated rings. The van der Waals surface area contributed by atoms with Crippen LogP contribution in [0.4, 0.5) is 0 Å². The van der Waals surface area contributed by atoms with E-state index >= 15 is 0 Å². The van der Waals surface area contributed by atoms with Crippen molar-refractivity contribution >= 4 is 17.2 Å². The highest BCUT2D eigenvalue weighted by Crippen LogP contribution is 2.28. The Labute approximate surface area is 146 Å². The quantitative estimate of drug-likeness (QED) is 0.929. The van der Waals surface area contributed by atoms with Gasteiger partial charge in [0.25, 0.3) is 5.91 Å². The Morgan fingerprint density at radius 3 is 3.12 bits per heavy atom. The van der Waals surface area contributed by atoms with Gasteiger partial charge >= 0.3 is 0 Å². The zero-order chi connectivity index (χ0) is 16.5. The maximum absolute atomic E-state index is 12.4. The normalized spacial score (nSPS) is 20.8. The molecule has 2 aliphatic rings. The maximum atomic E-state index is 12.4. The van der Waals surface area contributed by atoms with Crippen LogP contribution in [0.1, 0.15) is 22.9 Å². The molecule has 2 aliphatic heterocycles. The van der Waals surface area contributed by atoms with Gasteiger partial charge < -0.3 is 10.1 Å². The topological polar surface area (TPSA) is 41.6 Å². The van der Waals surface area contributed by atoms with Crippen molar-refractivity contribution in [3.63, 3.8) is 0 Å². The van der Waals surface area contributed by atoms with Crippen LogP contribution in [-0.2, 0) is 24.2 Å². The lowest BCUT2D eigenvalue weighted by atomic mass is 10.1. The van der Waals surface area contributed by atoms with Crippen molar-refractivity contribution in [2.75, 3.05) is 13.1 Å². The molecule has 1 aromatic carbocycles. The number of amides is 1. The lowest BCUT2D eigenvalue weighted by Crippen LogP contribution is -2.47. The molecule has 0 saturated heterocycles. The van der Waals surface area contributed by atoms with Crippen LogP contribution < -0.4 is 10.1 Å². The van der Waals surface area contributed by atoms with Gasteiger partial charge in [0.15, 0.2) is 6.10 Å². The monoisotopic (exact) mass is 342 g/mol. The van der Waals surface area contributed by atoms with E-state index in [1.807, 2.05) is 35.6 Å². The Balaban J connectivity index is 1.29. The van der Waals surface area contributed by atoms with Crippen molar-refractivity contribution < 1.29 is 9.53 Å². The van der Waals surface area contributed by atoms with Crippen molar-refractivity contribution in [3.05, 3.63) is 51.7 Å². The first-order valence-corrected chi connectivity index (χ1v) is 9.40. The van der Waals surface area contributed by atoms with E-state index in [4.69, 9.17) is 4.74 Å². The number of nitrogens with zero attached hydrogens (tertiary/aromatic N) is 1. The number of hydrogen-bond donors (Lipinski definition) is 1. The van der Waals surface area contributed by atoms with Crippen molar-refractivity contribution in [3.8, 4) is 5.75 Å². The summed E-state index contributed by atoms with van der Waals surface area (Å²) in [5.74, 6) is 0.831. The highest BCUT2D eigenvalue weighted by atomic mass is 32.1. The zero-order valence-corrected chi connectivity index (χ0v) is 14.6. The third-order valence-electron chi connectivity index (χ3n) is 4.97. The van der Waals surface area contributed by atoms with Gasteiger partial charge in [-0.05, 0) is 42.0 Å². The fraction of sp³-hybridized carbons (Fsp3) is 0.421. The molecule has 2 atom stereocenters. The molecule has 0 saturated carbocycles. The molecular formula is C19H22N2O2S. The van der Waals surface area contributed by atoms with Gasteiger partial charge in [-0.3, -0.25) is 9.69 Å². The summed E-state index contributed by atoms with van der Waals surface area (Å²) in [6.07, 6.45) is 1.39. The number of rotatable bonds is 4. The molecule has 0 spiro atoms. The summed E-state index contributed by atoms with van der Waals surface area (Å²) in [5, 5.41) is 5.25. The Morgan fingerprint density at radius 2 is 2.25 bits per heavy atom. The highest BCUT2D eigenvalue weighted by molar-refractivity contribution is 7.10. The van der Waals surface area contributed by atoms with E-state index < -0.39 is 0 Å². The summed E-state index contributed by atoms with van der Waals surface area (Å²) in [4.78, 5) is 16.4. The molecule has 4 nitrogen and oxygen atoms in total. The number of para-hydroxylation sites is 1. The standard InChI is InChI=1S/C19H22N2O2S/c1-13(21-8-6-18-15(12-21)7-9-24-18)11-20-19(22)17-10-14-4-2-3-5-16(14)23-17/h2-5,7,9,13,17H,6,8,10-12H2,1H3,(H,20,22)/t13-,17-/m1/s1. The van der Waals surface area contributed by atoms with E-state index in [1.54, 1.807) is 0 Å². The van der Waals surface area contributed by atoms with Crippen LogP contribution in [0.25, 0.3) is 0 Å².